The summed E-state index contributed by atoms with van der Waals surface area (Å²) in [5.74, 6) is -0.573. The number of halogens is 3. The summed E-state index contributed by atoms with van der Waals surface area (Å²) in [4.78, 5) is 0.0663. The van der Waals surface area contributed by atoms with E-state index in [1.165, 1.54) is 0 Å². The van der Waals surface area contributed by atoms with Gasteiger partial charge in [0.25, 0.3) is 0 Å². The van der Waals surface area contributed by atoms with Crippen LogP contribution in [0.2, 0.25) is 0 Å². The Kier molecular flexibility index (Phi) is 5.79. The minimum atomic E-state index is -4.35. The maximum absolute atomic E-state index is 12.0. The van der Waals surface area contributed by atoms with Crippen LogP contribution in [0.15, 0.2) is 0 Å². The van der Waals surface area contributed by atoms with E-state index in [0.29, 0.717) is 12.8 Å². The van der Waals surface area contributed by atoms with E-state index in [1.54, 1.807) is 0 Å². The molecule has 0 saturated heterocycles. The molecular weight excluding hydrogens is 313 g/mol. The molecule has 0 spiro atoms. The Balaban J connectivity index is 2.65. The van der Waals surface area contributed by atoms with Gasteiger partial charge in [-0.15, -0.1) is 0 Å². The summed E-state index contributed by atoms with van der Waals surface area (Å²) in [5.41, 5.74) is 4.66. The summed E-state index contributed by atoms with van der Waals surface area (Å²) in [5, 5.41) is 0. The van der Waals surface area contributed by atoms with Crippen LogP contribution < -0.4 is 10.5 Å². The van der Waals surface area contributed by atoms with E-state index >= 15 is 0 Å². The molecule has 4 nitrogen and oxygen atoms in total. The van der Waals surface area contributed by atoms with Crippen molar-refractivity contribution in [3.8, 4) is 0 Å². The lowest BCUT2D eigenvalue weighted by atomic mass is 9.82. The highest BCUT2D eigenvalue weighted by molar-refractivity contribution is 7.89. The molecule has 1 rings (SSSR count). The molecule has 0 atom stereocenters. The van der Waals surface area contributed by atoms with Crippen LogP contribution in [0.5, 0.6) is 0 Å². The Hall–Kier alpha value is -0.410. The molecule has 0 heterocycles. The number of sulfonamides is 1. The largest absolute Gasteiger partial charge is 0.392 e. The second kappa shape index (κ2) is 6.57. The summed E-state index contributed by atoms with van der Waals surface area (Å²) in [6, 6.07) is 0. The average Bonchev–Trinajstić information content (AvgIpc) is 2.27. The van der Waals surface area contributed by atoms with Gasteiger partial charge in [0.05, 0.1) is 16.3 Å². The zero-order valence-corrected chi connectivity index (χ0v) is 12.6. The molecule has 0 aliphatic heterocycles. The molecule has 3 N–H and O–H groups in total. The Labute approximate surface area is 122 Å². The van der Waals surface area contributed by atoms with E-state index in [0.717, 1.165) is 19.3 Å². The van der Waals surface area contributed by atoms with Crippen molar-refractivity contribution in [3.05, 3.63) is 0 Å². The van der Waals surface area contributed by atoms with Gasteiger partial charge in [0, 0.05) is 6.42 Å². The van der Waals surface area contributed by atoms with Crippen LogP contribution in [0.3, 0.4) is 0 Å². The van der Waals surface area contributed by atoms with E-state index in [4.69, 9.17) is 18.0 Å². The second-order valence-corrected chi connectivity index (χ2v) is 7.43. The Morgan fingerprint density at radius 3 is 2.25 bits per heavy atom. The van der Waals surface area contributed by atoms with Gasteiger partial charge in [0.1, 0.15) is 0 Å². The Morgan fingerprint density at radius 1 is 1.25 bits per heavy atom. The van der Waals surface area contributed by atoms with Crippen molar-refractivity contribution in [2.45, 2.75) is 56.7 Å². The fraction of sp³-hybridized carbons (Fsp3) is 0.909. The monoisotopic (exact) mass is 332 g/mol. The maximum atomic E-state index is 12.0. The van der Waals surface area contributed by atoms with Crippen molar-refractivity contribution in [2.75, 3.05) is 5.75 Å². The highest BCUT2D eigenvalue weighted by atomic mass is 32.2. The maximum Gasteiger partial charge on any atom is 0.389 e. The number of alkyl halides is 3. The van der Waals surface area contributed by atoms with Crippen LogP contribution in [0.25, 0.3) is 0 Å². The quantitative estimate of drug-likeness (QED) is 0.732. The van der Waals surface area contributed by atoms with Gasteiger partial charge in [-0.1, -0.05) is 31.5 Å². The fourth-order valence-electron chi connectivity index (χ4n) is 2.37. The van der Waals surface area contributed by atoms with Crippen molar-refractivity contribution in [2.24, 2.45) is 5.73 Å². The molecule has 0 bridgehead atoms. The predicted octanol–water partition coefficient (Wildman–Crippen LogP) is 2.24. The van der Waals surface area contributed by atoms with Crippen molar-refractivity contribution in [1.29, 1.82) is 0 Å². The number of hydrogen-bond donors (Lipinski definition) is 2. The van der Waals surface area contributed by atoms with Gasteiger partial charge in [0.2, 0.25) is 10.0 Å². The van der Waals surface area contributed by atoms with Crippen molar-refractivity contribution in [3.63, 3.8) is 0 Å². The third-order valence-corrected chi connectivity index (χ3v) is 5.32. The van der Waals surface area contributed by atoms with E-state index in [2.05, 4.69) is 4.72 Å². The zero-order valence-electron chi connectivity index (χ0n) is 11.0. The van der Waals surface area contributed by atoms with E-state index in [9.17, 15) is 21.6 Å². The third kappa shape index (κ3) is 5.53. The van der Waals surface area contributed by atoms with Crippen LogP contribution in [-0.4, -0.2) is 30.9 Å². The molecule has 9 heteroatoms. The van der Waals surface area contributed by atoms with E-state index in [1.807, 2.05) is 0 Å². The minimum Gasteiger partial charge on any atom is -0.392 e. The van der Waals surface area contributed by atoms with Crippen LogP contribution in [0.4, 0.5) is 13.2 Å². The number of hydrogen-bond acceptors (Lipinski definition) is 3. The van der Waals surface area contributed by atoms with Crippen molar-refractivity contribution < 1.29 is 21.6 Å². The summed E-state index contributed by atoms with van der Waals surface area (Å²) in [6.07, 6.45) is -2.37. The zero-order chi connectivity index (χ0) is 15.4. The number of rotatable bonds is 6. The highest BCUT2D eigenvalue weighted by Crippen LogP contribution is 2.29. The van der Waals surface area contributed by atoms with Gasteiger partial charge in [-0.3, -0.25) is 0 Å². The molecule has 1 saturated carbocycles. The molecular formula is C11H19F3N2O2S2. The first-order chi connectivity index (χ1) is 9.06. The van der Waals surface area contributed by atoms with Gasteiger partial charge >= 0.3 is 6.18 Å². The van der Waals surface area contributed by atoms with E-state index in [-0.39, 0.29) is 4.99 Å². The van der Waals surface area contributed by atoms with Gasteiger partial charge < -0.3 is 5.73 Å². The summed E-state index contributed by atoms with van der Waals surface area (Å²) < 4.78 is 62.3. The first-order valence-corrected chi connectivity index (χ1v) is 8.51. The molecule has 0 radical (unpaired) electrons. The van der Waals surface area contributed by atoms with Crippen molar-refractivity contribution >= 4 is 27.2 Å². The fourth-order valence-corrected chi connectivity index (χ4v) is 4.22. The second-order valence-electron chi connectivity index (χ2n) is 5.15. The molecule has 118 valence electrons. The molecule has 0 unspecified atom stereocenters. The van der Waals surface area contributed by atoms with Gasteiger partial charge in [0.15, 0.2) is 0 Å². The summed E-state index contributed by atoms with van der Waals surface area (Å²) >= 11 is 4.94. The highest BCUT2D eigenvalue weighted by Gasteiger charge is 2.38. The van der Waals surface area contributed by atoms with Gasteiger partial charge in [-0.05, 0) is 19.3 Å². The number of nitrogens with two attached hydrogens (primary N) is 1. The third-order valence-electron chi connectivity index (χ3n) is 3.40. The van der Waals surface area contributed by atoms with Crippen LogP contribution >= 0.6 is 12.2 Å². The molecule has 0 amide bonds. The smallest absolute Gasteiger partial charge is 0.389 e. The SMILES string of the molecule is NC(=S)C1(NS(=O)(=O)CCCC(F)(F)F)CCCCC1. The number of nitrogens with one attached hydrogen (secondary N) is 1. The average molecular weight is 332 g/mol. The Morgan fingerprint density at radius 2 is 1.80 bits per heavy atom. The molecule has 0 aromatic rings. The van der Waals surface area contributed by atoms with Crippen LogP contribution in [0, 0.1) is 0 Å². The summed E-state index contributed by atoms with van der Waals surface area (Å²) in [7, 11) is -3.82. The molecule has 20 heavy (non-hydrogen) atoms. The minimum absolute atomic E-state index is 0.0663. The lowest BCUT2D eigenvalue weighted by molar-refractivity contribution is -0.134. The Bertz CT molecular complexity index is 443. The molecule has 0 aromatic heterocycles. The standard InChI is InChI=1S/C11H19F3N2O2S2/c12-11(13,14)7-4-8-20(17,18)16-10(9(15)19)5-2-1-3-6-10/h16H,1-8H2,(H2,15,19). The first kappa shape index (κ1) is 17.6. The molecule has 1 aliphatic rings. The first-order valence-electron chi connectivity index (χ1n) is 6.45. The van der Waals surface area contributed by atoms with Gasteiger partial charge in [-0.2, -0.15) is 13.2 Å². The lowest BCUT2D eigenvalue weighted by Gasteiger charge is -2.36. The molecule has 0 aromatic carbocycles. The van der Waals surface area contributed by atoms with Crippen LogP contribution in [-0.2, 0) is 10.0 Å². The summed E-state index contributed by atoms with van der Waals surface area (Å²) in [6.45, 7) is 0. The number of thiocarbonyl (C=S) groups is 1. The van der Waals surface area contributed by atoms with E-state index < -0.39 is 40.3 Å². The molecule has 1 aliphatic carbocycles. The predicted molar refractivity (Wildman–Crippen MR) is 74.8 cm³/mol. The van der Waals surface area contributed by atoms with Gasteiger partial charge in [-0.25, -0.2) is 13.1 Å². The molecule has 1 fully saturated rings. The normalized spacial score (nSPS) is 19.8. The topological polar surface area (TPSA) is 72.2 Å². The van der Waals surface area contributed by atoms with Crippen LogP contribution in [0.1, 0.15) is 44.9 Å². The lowest BCUT2D eigenvalue weighted by Crippen LogP contribution is -2.58. The van der Waals surface area contributed by atoms with Crippen molar-refractivity contribution in [1.82, 2.24) is 4.72 Å².